The standard InChI is InChI=1S/C14H18F2N2O2/c15-12-2-1-10(9-13(12)16)18-14(19)5-8-20-11-3-6-17-7-4-11/h1-2,9,11,17H,3-8H2,(H,18,19). The van der Waals surface area contributed by atoms with Crippen molar-refractivity contribution in [1.29, 1.82) is 0 Å². The summed E-state index contributed by atoms with van der Waals surface area (Å²) in [6.45, 7) is 2.21. The fraction of sp³-hybridized carbons (Fsp3) is 0.500. The van der Waals surface area contributed by atoms with Crippen LogP contribution in [0.15, 0.2) is 18.2 Å². The second kappa shape index (κ2) is 7.31. The van der Waals surface area contributed by atoms with Crippen molar-refractivity contribution in [2.24, 2.45) is 0 Å². The zero-order valence-electron chi connectivity index (χ0n) is 11.1. The second-order valence-electron chi connectivity index (χ2n) is 4.75. The summed E-state index contributed by atoms with van der Waals surface area (Å²) in [5.41, 5.74) is 0.246. The maximum atomic E-state index is 13.0. The molecular weight excluding hydrogens is 266 g/mol. The molecule has 4 nitrogen and oxygen atoms in total. The van der Waals surface area contributed by atoms with Crippen LogP contribution in [0, 0.1) is 11.6 Å². The van der Waals surface area contributed by atoms with Crippen molar-refractivity contribution in [3.8, 4) is 0 Å². The van der Waals surface area contributed by atoms with Crippen molar-refractivity contribution in [3.63, 3.8) is 0 Å². The van der Waals surface area contributed by atoms with Gasteiger partial charge in [0.15, 0.2) is 11.6 Å². The minimum atomic E-state index is -0.978. The molecule has 0 unspecified atom stereocenters. The molecule has 1 aliphatic rings. The van der Waals surface area contributed by atoms with E-state index in [0.29, 0.717) is 6.61 Å². The average Bonchev–Trinajstić information content (AvgIpc) is 2.44. The summed E-state index contributed by atoms with van der Waals surface area (Å²) in [6, 6.07) is 3.27. The number of anilines is 1. The van der Waals surface area contributed by atoms with Crippen LogP contribution in [-0.2, 0) is 9.53 Å². The minimum absolute atomic E-state index is 0.197. The first-order chi connectivity index (χ1) is 9.65. The Balaban J connectivity index is 1.70. The van der Waals surface area contributed by atoms with Crippen LogP contribution in [0.5, 0.6) is 0 Å². The fourth-order valence-corrected chi connectivity index (χ4v) is 2.08. The van der Waals surface area contributed by atoms with Crippen molar-refractivity contribution >= 4 is 11.6 Å². The summed E-state index contributed by atoms with van der Waals surface area (Å²) in [5, 5.41) is 5.74. The molecular formula is C14H18F2N2O2. The highest BCUT2D eigenvalue weighted by Gasteiger charge is 2.13. The molecule has 1 amide bonds. The molecule has 1 saturated heterocycles. The zero-order valence-corrected chi connectivity index (χ0v) is 11.1. The molecule has 1 aliphatic heterocycles. The summed E-state index contributed by atoms with van der Waals surface area (Å²) in [5.74, 6) is -2.18. The molecule has 6 heteroatoms. The van der Waals surface area contributed by atoms with Gasteiger partial charge in [-0.3, -0.25) is 4.79 Å². The first-order valence-corrected chi connectivity index (χ1v) is 6.72. The van der Waals surface area contributed by atoms with Gasteiger partial charge in [0.05, 0.1) is 19.1 Å². The summed E-state index contributed by atoms with van der Waals surface area (Å²) in [6.07, 6.45) is 2.30. The van der Waals surface area contributed by atoms with Crippen molar-refractivity contribution in [1.82, 2.24) is 5.32 Å². The van der Waals surface area contributed by atoms with E-state index in [2.05, 4.69) is 10.6 Å². The molecule has 0 atom stereocenters. The number of nitrogens with one attached hydrogen (secondary N) is 2. The van der Waals surface area contributed by atoms with Gasteiger partial charge >= 0.3 is 0 Å². The second-order valence-corrected chi connectivity index (χ2v) is 4.75. The monoisotopic (exact) mass is 284 g/mol. The smallest absolute Gasteiger partial charge is 0.226 e. The SMILES string of the molecule is O=C(CCOC1CCNCC1)Nc1ccc(F)c(F)c1. The molecule has 0 radical (unpaired) electrons. The Bertz CT molecular complexity index is 462. The van der Waals surface area contributed by atoms with Gasteiger partial charge in [-0.1, -0.05) is 0 Å². The summed E-state index contributed by atoms with van der Waals surface area (Å²) >= 11 is 0. The normalized spacial score (nSPS) is 16.1. The van der Waals surface area contributed by atoms with E-state index in [0.717, 1.165) is 38.1 Å². The molecule has 2 rings (SSSR count). The van der Waals surface area contributed by atoms with Crippen LogP contribution in [0.3, 0.4) is 0 Å². The van der Waals surface area contributed by atoms with E-state index in [1.165, 1.54) is 6.07 Å². The third-order valence-corrected chi connectivity index (χ3v) is 3.17. The Morgan fingerprint density at radius 1 is 1.30 bits per heavy atom. The molecule has 1 heterocycles. The topological polar surface area (TPSA) is 50.4 Å². The van der Waals surface area contributed by atoms with Crippen LogP contribution in [0.4, 0.5) is 14.5 Å². The van der Waals surface area contributed by atoms with Crippen LogP contribution >= 0.6 is 0 Å². The van der Waals surface area contributed by atoms with E-state index in [1.807, 2.05) is 0 Å². The number of carbonyl (C=O) groups excluding carboxylic acids is 1. The molecule has 0 saturated carbocycles. The fourth-order valence-electron chi connectivity index (χ4n) is 2.08. The third-order valence-electron chi connectivity index (χ3n) is 3.17. The number of amides is 1. The van der Waals surface area contributed by atoms with Gasteiger partial charge in [-0.15, -0.1) is 0 Å². The van der Waals surface area contributed by atoms with Crippen molar-refractivity contribution in [3.05, 3.63) is 29.8 Å². The molecule has 0 aliphatic carbocycles. The van der Waals surface area contributed by atoms with Gasteiger partial charge in [0, 0.05) is 11.8 Å². The van der Waals surface area contributed by atoms with E-state index < -0.39 is 11.6 Å². The quantitative estimate of drug-likeness (QED) is 0.870. The largest absolute Gasteiger partial charge is 0.378 e. The van der Waals surface area contributed by atoms with Gasteiger partial charge in [-0.05, 0) is 38.1 Å². The molecule has 110 valence electrons. The van der Waals surface area contributed by atoms with Crippen molar-refractivity contribution < 1.29 is 18.3 Å². The van der Waals surface area contributed by atoms with Gasteiger partial charge in [0.2, 0.25) is 5.91 Å². The van der Waals surface area contributed by atoms with Crippen LogP contribution in [-0.4, -0.2) is 31.7 Å². The summed E-state index contributed by atoms with van der Waals surface area (Å²) in [7, 11) is 0. The third kappa shape index (κ3) is 4.54. The lowest BCUT2D eigenvalue weighted by Gasteiger charge is -2.22. The van der Waals surface area contributed by atoms with Crippen molar-refractivity contribution in [2.75, 3.05) is 25.0 Å². The summed E-state index contributed by atoms with van der Waals surface area (Å²) < 4.78 is 31.3. The highest BCUT2D eigenvalue weighted by molar-refractivity contribution is 5.90. The molecule has 2 N–H and O–H groups in total. The van der Waals surface area contributed by atoms with Crippen molar-refractivity contribution in [2.45, 2.75) is 25.4 Å². The Kier molecular flexibility index (Phi) is 5.43. The Labute approximate surface area is 116 Å². The van der Waals surface area contributed by atoms with E-state index in [4.69, 9.17) is 4.74 Å². The van der Waals surface area contributed by atoms with Crippen LogP contribution in [0.2, 0.25) is 0 Å². The molecule has 0 aromatic heterocycles. The zero-order chi connectivity index (χ0) is 14.4. The lowest BCUT2D eigenvalue weighted by molar-refractivity contribution is -0.117. The number of hydrogen-bond acceptors (Lipinski definition) is 3. The molecule has 1 fully saturated rings. The number of halogens is 2. The van der Waals surface area contributed by atoms with Gasteiger partial charge in [-0.25, -0.2) is 8.78 Å². The number of ether oxygens (including phenoxy) is 1. The molecule has 0 spiro atoms. The number of rotatable bonds is 5. The summed E-state index contributed by atoms with van der Waals surface area (Å²) in [4.78, 5) is 11.6. The van der Waals surface area contributed by atoms with Gasteiger partial charge in [0.1, 0.15) is 0 Å². The number of benzene rings is 1. The Morgan fingerprint density at radius 2 is 2.05 bits per heavy atom. The molecule has 0 bridgehead atoms. The predicted octanol–water partition coefficient (Wildman–Crippen LogP) is 2.06. The minimum Gasteiger partial charge on any atom is -0.378 e. The van der Waals surface area contributed by atoms with Gasteiger partial charge in [0.25, 0.3) is 0 Å². The number of hydrogen-bond donors (Lipinski definition) is 2. The first-order valence-electron chi connectivity index (χ1n) is 6.72. The van der Waals surface area contributed by atoms with Gasteiger partial charge < -0.3 is 15.4 Å². The van der Waals surface area contributed by atoms with E-state index in [1.54, 1.807) is 0 Å². The highest BCUT2D eigenvalue weighted by atomic mass is 19.2. The van der Waals surface area contributed by atoms with E-state index in [-0.39, 0.29) is 24.1 Å². The maximum absolute atomic E-state index is 13.0. The van der Waals surface area contributed by atoms with Gasteiger partial charge in [-0.2, -0.15) is 0 Å². The predicted molar refractivity (Wildman–Crippen MR) is 71.4 cm³/mol. The highest BCUT2D eigenvalue weighted by Crippen LogP contribution is 2.13. The van der Waals surface area contributed by atoms with Crippen LogP contribution in [0.1, 0.15) is 19.3 Å². The number of piperidine rings is 1. The Morgan fingerprint density at radius 3 is 2.75 bits per heavy atom. The van der Waals surface area contributed by atoms with E-state index >= 15 is 0 Å². The molecule has 1 aromatic rings. The van der Waals surface area contributed by atoms with Crippen LogP contribution < -0.4 is 10.6 Å². The average molecular weight is 284 g/mol. The lowest BCUT2D eigenvalue weighted by Crippen LogP contribution is -2.33. The number of carbonyl (C=O) groups is 1. The lowest BCUT2D eigenvalue weighted by atomic mass is 10.1. The Hall–Kier alpha value is -1.53. The molecule has 1 aromatic carbocycles. The van der Waals surface area contributed by atoms with Crippen LogP contribution in [0.25, 0.3) is 0 Å². The maximum Gasteiger partial charge on any atom is 0.226 e. The molecule has 20 heavy (non-hydrogen) atoms. The first kappa shape index (κ1) is 14.9. The van der Waals surface area contributed by atoms with E-state index in [9.17, 15) is 13.6 Å².